The first-order valence-electron chi connectivity index (χ1n) is 7.55. The van der Waals surface area contributed by atoms with E-state index in [0.29, 0.717) is 12.1 Å². The van der Waals surface area contributed by atoms with Crippen LogP contribution < -0.4 is 0 Å². The van der Waals surface area contributed by atoms with Crippen molar-refractivity contribution < 1.29 is 0 Å². The molecule has 0 saturated heterocycles. The highest BCUT2D eigenvalue weighted by Crippen LogP contribution is 2.28. The van der Waals surface area contributed by atoms with E-state index in [0.717, 1.165) is 6.67 Å². The molecule has 2 heteroatoms. The van der Waals surface area contributed by atoms with Crippen molar-refractivity contribution in [2.45, 2.75) is 25.9 Å². The molecule has 0 fully saturated rings. The molecule has 3 rings (SSSR count). The maximum atomic E-state index is 2.38. The monoisotopic (exact) mass is 278 g/mol. The van der Waals surface area contributed by atoms with Crippen LogP contribution in [0.4, 0.5) is 0 Å². The van der Waals surface area contributed by atoms with Gasteiger partial charge in [-0.05, 0) is 25.0 Å². The third-order valence-corrected chi connectivity index (χ3v) is 4.34. The van der Waals surface area contributed by atoms with E-state index in [9.17, 15) is 0 Å². The Morgan fingerprint density at radius 3 is 1.43 bits per heavy atom. The maximum absolute atomic E-state index is 2.38. The average molecular weight is 278 g/mol. The molecule has 2 atom stereocenters. The molecule has 0 radical (unpaired) electrons. The van der Waals surface area contributed by atoms with Crippen molar-refractivity contribution in [1.82, 2.24) is 9.80 Å². The summed E-state index contributed by atoms with van der Waals surface area (Å²) in [5.41, 5.74) is 2.72. The van der Waals surface area contributed by atoms with Crippen LogP contribution >= 0.6 is 0 Å². The summed E-state index contributed by atoms with van der Waals surface area (Å²) in [6.45, 7) is 5.46. The quantitative estimate of drug-likeness (QED) is 0.809. The van der Waals surface area contributed by atoms with Gasteiger partial charge in [-0.3, -0.25) is 0 Å². The predicted molar refractivity (Wildman–Crippen MR) is 87.4 cm³/mol. The Hall–Kier alpha value is -2.22. The summed E-state index contributed by atoms with van der Waals surface area (Å²) in [7, 11) is 0. The zero-order chi connectivity index (χ0) is 14.7. The van der Waals surface area contributed by atoms with Gasteiger partial charge in [0.05, 0.1) is 18.8 Å². The SMILES string of the molecule is CC(c1ccccc1)N1C=CN([C@H](C)c2ccccc2)C1. The van der Waals surface area contributed by atoms with E-state index >= 15 is 0 Å². The Labute approximate surface area is 127 Å². The zero-order valence-corrected chi connectivity index (χ0v) is 12.7. The Bertz CT molecular complexity index is 538. The van der Waals surface area contributed by atoms with Gasteiger partial charge in [-0.2, -0.15) is 0 Å². The van der Waals surface area contributed by atoms with Gasteiger partial charge in [-0.25, -0.2) is 0 Å². The molecule has 1 heterocycles. The fraction of sp³-hybridized carbons (Fsp3) is 0.263. The topological polar surface area (TPSA) is 6.48 Å². The minimum atomic E-state index is 0.399. The highest BCUT2D eigenvalue weighted by Gasteiger charge is 2.22. The maximum Gasteiger partial charge on any atom is 0.0905 e. The summed E-state index contributed by atoms with van der Waals surface area (Å²) in [6.07, 6.45) is 4.41. The molecule has 0 aliphatic carbocycles. The highest BCUT2D eigenvalue weighted by atomic mass is 15.4. The van der Waals surface area contributed by atoms with E-state index in [1.54, 1.807) is 0 Å². The third-order valence-electron chi connectivity index (χ3n) is 4.34. The first kappa shape index (κ1) is 13.7. The summed E-state index contributed by atoms with van der Waals surface area (Å²) in [5.74, 6) is 0. The van der Waals surface area contributed by atoms with Crippen molar-refractivity contribution in [3.05, 3.63) is 84.2 Å². The number of hydrogen-bond donors (Lipinski definition) is 0. The lowest BCUT2D eigenvalue weighted by molar-refractivity contribution is 0.191. The van der Waals surface area contributed by atoms with E-state index in [-0.39, 0.29) is 0 Å². The van der Waals surface area contributed by atoms with Crippen molar-refractivity contribution in [1.29, 1.82) is 0 Å². The minimum Gasteiger partial charge on any atom is -0.352 e. The Balaban J connectivity index is 1.68. The molecule has 1 aliphatic heterocycles. The molecule has 0 aromatic heterocycles. The van der Waals surface area contributed by atoms with Crippen molar-refractivity contribution >= 4 is 0 Å². The predicted octanol–water partition coefficient (Wildman–Crippen LogP) is 4.56. The van der Waals surface area contributed by atoms with Gasteiger partial charge in [0, 0.05) is 12.4 Å². The molecule has 1 unspecified atom stereocenters. The van der Waals surface area contributed by atoms with Crippen LogP contribution in [0.3, 0.4) is 0 Å². The second-order valence-corrected chi connectivity index (χ2v) is 5.64. The number of hydrogen-bond acceptors (Lipinski definition) is 2. The van der Waals surface area contributed by atoms with Crippen molar-refractivity contribution in [3.63, 3.8) is 0 Å². The van der Waals surface area contributed by atoms with Crippen LogP contribution in [0.2, 0.25) is 0 Å². The molecule has 2 aromatic rings. The fourth-order valence-electron chi connectivity index (χ4n) is 2.80. The molecule has 2 aromatic carbocycles. The zero-order valence-electron chi connectivity index (χ0n) is 12.7. The van der Waals surface area contributed by atoms with Gasteiger partial charge < -0.3 is 9.80 Å². The molecule has 0 N–H and O–H groups in total. The highest BCUT2D eigenvalue weighted by molar-refractivity contribution is 5.21. The Morgan fingerprint density at radius 2 is 1.05 bits per heavy atom. The second kappa shape index (κ2) is 6.04. The van der Waals surface area contributed by atoms with E-state index in [2.05, 4.69) is 96.7 Å². The first-order chi connectivity index (χ1) is 10.3. The van der Waals surface area contributed by atoms with Crippen LogP contribution in [0.5, 0.6) is 0 Å². The number of rotatable bonds is 4. The lowest BCUT2D eigenvalue weighted by Crippen LogP contribution is -2.29. The van der Waals surface area contributed by atoms with E-state index in [1.807, 2.05) is 0 Å². The summed E-state index contributed by atoms with van der Waals surface area (Å²) in [4.78, 5) is 4.77. The molecule has 1 aliphatic rings. The van der Waals surface area contributed by atoms with E-state index in [4.69, 9.17) is 0 Å². The fourth-order valence-corrected chi connectivity index (χ4v) is 2.80. The molecule has 0 saturated carbocycles. The summed E-state index contributed by atoms with van der Waals surface area (Å²) in [5, 5.41) is 0. The molecule has 0 bridgehead atoms. The van der Waals surface area contributed by atoms with Gasteiger partial charge in [-0.15, -0.1) is 0 Å². The van der Waals surface area contributed by atoms with Gasteiger partial charge >= 0.3 is 0 Å². The standard InChI is InChI=1S/C19H22N2/c1-16(18-9-5-3-6-10-18)20-13-14-21(15-20)17(2)19-11-7-4-8-12-19/h3-14,16-17H,15H2,1-2H3/t16-,17?/m1/s1. The van der Waals surface area contributed by atoms with Gasteiger partial charge in [-0.1, -0.05) is 60.7 Å². The van der Waals surface area contributed by atoms with Crippen LogP contribution in [-0.4, -0.2) is 16.5 Å². The second-order valence-electron chi connectivity index (χ2n) is 5.64. The minimum absolute atomic E-state index is 0.399. The normalized spacial score (nSPS) is 17.0. The summed E-state index contributed by atoms with van der Waals surface area (Å²) < 4.78 is 0. The van der Waals surface area contributed by atoms with Crippen LogP contribution in [0, 0.1) is 0 Å². The van der Waals surface area contributed by atoms with Gasteiger partial charge in [0.15, 0.2) is 0 Å². The van der Waals surface area contributed by atoms with Gasteiger partial charge in [0.25, 0.3) is 0 Å². The molecule has 2 nitrogen and oxygen atoms in total. The van der Waals surface area contributed by atoms with Crippen LogP contribution in [0.1, 0.15) is 37.1 Å². The van der Waals surface area contributed by atoms with E-state index < -0.39 is 0 Å². The summed E-state index contributed by atoms with van der Waals surface area (Å²) >= 11 is 0. The van der Waals surface area contributed by atoms with E-state index in [1.165, 1.54) is 11.1 Å². The average Bonchev–Trinajstić information content (AvgIpc) is 3.05. The van der Waals surface area contributed by atoms with Crippen molar-refractivity contribution in [3.8, 4) is 0 Å². The van der Waals surface area contributed by atoms with Crippen molar-refractivity contribution in [2.75, 3.05) is 6.67 Å². The Kier molecular flexibility index (Phi) is 3.96. The molecular formula is C19H22N2. The molecule has 0 amide bonds. The Morgan fingerprint density at radius 1 is 0.667 bits per heavy atom. The molecule has 108 valence electrons. The van der Waals surface area contributed by atoms with Gasteiger partial charge in [0.2, 0.25) is 0 Å². The first-order valence-corrected chi connectivity index (χ1v) is 7.55. The van der Waals surface area contributed by atoms with Crippen LogP contribution in [0.25, 0.3) is 0 Å². The number of benzene rings is 2. The van der Waals surface area contributed by atoms with Crippen molar-refractivity contribution in [2.24, 2.45) is 0 Å². The van der Waals surface area contributed by atoms with Crippen LogP contribution in [0.15, 0.2) is 73.1 Å². The molecular weight excluding hydrogens is 256 g/mol. The summed E-state index contributed by atoms with van der Waals surface area (Å²) in [6, 6.07) is 22.1. The lowest BCUT2D eigenvalue weighted by Gasteiger charge is -2.30. The smallest absolute Gasteiger partial charge is 0.0905 e. The molecule has 0 spiro atoms. The third kappa shape index (κ3) is 2.94. The number of nitrogens with zero attached hydrogens (tertiary/aromatic N) is 2. The largest absolute Gasteiger partial charge is 0.352 e. The lowest BCUT2D eigenvalue weighted by atomic mass is 10.1. The van der Waals surface area contributed by atoms with Gasteiger partial charge in [0.1, 0.15) is 0 Å². The van der Waals surface area contributed by atoms with Crippen LogP contribution in [-0.2, 0) is 0 Å². The molecule has 21 heavy (non-hydrogen) atoms.